The number of aryl methyl sites for hydroxylation is 1. The van der Waals surface area contributed by atoms with Gasteiger partial charge in [0.25, 0.3) is 15.9 Å². The van der Waals surface area contributed by atoms with Crippen molar-refractivity contribution in [3.8, 4) is 0 Å². The summed E-state index contributed by atoms with van der Waals surface area (Å²) in [6.45, 7) is 5.40. The number of hydrogen-bond acceptors (Lipinski definition) is 5. The standard InChI is InChI=1S/C12H18N6O3S/c1-7(2)18-6-9(5-14-18)22(20,21)16-10-8(3)17(4)15-11(10)12(13)19/h5-7,16H,1-4H3,(H2,13,19). The third kappa shape index (κ3) is 2.82. The van der Waals surface area contributed by atoms with E-state index in [0.29, 0.717) is 5.69 Å². The minimum absolute atomic E-state index is 0.000117. The summed E-state index contributed by atoms with van der Waals surface area (Å²) in [7, 11) is -2.29. The third-order valence-corrected chi connectivity index (χ3v) is 4.53. The van der Waals surface area contributed by atoms with E-state index in [4.69, 9.17) is 5.73 Å². The van der Waals surface area contributed by atoms with Crippen LogP contribution in [-0.2, 0) is 17.1 Å². The molecule has 120 valence electrons. The van der Waals surface area contributed by atoms with Crippen molar-refractivity contribution >= 4 is 21.6 Å². The van der Waals surface area contributed by atoms with E-state index >= 15 is 0 Å². The number of nitrogens with zero attached hydrogens (tertiary/aromatic N) is 4. The number of hydrogen-bond donors (Lipinski definition) is 2. The van der Waals surface area contributed by atoms with E-state index in [1.165, 1.54) is 21.8 Å². The van der Waals surface area contributed by atoms with Crippen molar-refractivity contribution < 1.29 is 13.2 Å². The lowest BCUT2D eigenvalue weighted by Crippen LogP contribution is -2.18. The molecule has 0 aromatic carbocycles. The highest BCUT2D eigenvalue weighted by Gasteiger charge is 2.24. The van der Waals surface area contributed by atoms with Crippen LogP contribution in [0, 0.1) is 6.92 Å². The summed E-state index contributed by atoms with van der Waals surface area (Å²) in [4.78, 5) is 11.4. The quantitative estimate of drug-likeness (QED) is 0.823. The van der Waals surface area contributed by atoms with E-state index in [0.717, 1.165) is 0 Å². The molecule has 0 unspecified atom stereocenters. The number of amides is 1. The zero-order chi connectivity index (χ0) is 16.7. The molecular formula is C12H18N6O3S. The molecule has 0 saturated heterocycles. The van der Waals surface area contributed by atoms with E-state index in [1.54, 1.807) is 14.0 Å². The first-order chi connectivity index (χ1) is 10.1. The second-order valence-electron chi connectivity index (χ2n) is 5.15. The predicted molar refractivity (Wildman–Crippen MR) is 79.9 cm³/mol. The monoisotopic (exact) mass is 326 g/mol. The number of anilines is 1. The highest BCUT2D eigenvalue weighted by molar-refractivity contribution is 7.92. The number of aromatic nitrogens is 4. The zero-order valence-electron chi connectivity index (χ0n) is 12.7. The first-order valence-corrected chi connectivity index (χ1v) is 8.02. The molecule has 10 heteroatoms. The molecule has 0 aliphatic carbocycles. The summed E-state index contributed by atoms with van der Waals surface area (Å²) in [5, 5.41) is 7.91. The van der Waals surface area contributed by atoms with Crippen LogP contribution in [0.5, 0.6) is 0 Å². The van der Waals surface area contributed by atoms with Crippen molar-refractivity contribution in [3.05, 3.63) is 23.8 Å². The molecule has 0 aliphatic heterocycles. The lowest BCUT2D eigenvalue weighted by atomic mass is 10.3. The smallest absolute Gasteiger partial charge is 0.271 e. The molecule has 2 rings (SSSR count). The fraction of sp³-hybridized carbons (Fsp3) is 0.417. The van der Waals surface area contributed by atoms with Crippen LogP contribution in [0.15, 0.2) is 17.3 Å². The average Bonchev–Trinajstić information content (AvgIpc) is 3.00. The molecule has 1 amide bonds. The van der Waals surface area contributed by atoms with E-state index in [1.807, 2.05) is 13.8 Å². The SMILES string of the molecule is Cc1c(NS(=O)(=O)c2cnn(C(C)C)c2)c(C(N)=O)nn1C. The maximum atomic E-state index is 12.4. The van der Waals surface area contributed by atoms with Crippen LogP contribution >= 0.6 is 0 Å². The number of primary amides is 1. The largest absolute Gasteiger partial charge is 0.364 e. The Morgan fingerprint density at radius 3 is 2.55 bits per heavy atom. The summed E-state index contributed by atoms with van der Waals surface area (Å²) in [5.41, 5.74) is 5.66. The number of sulfonamides is 1. The lowest BCUT2D eigenvalue weighted by molar-refractivity contribution is 0.0995. The van der Waals surface area contributed by atoms with Crippen molar-refractivity contribution in [1.82, 2.24) is 19.6 Å². The Morgan fingerprint density at radius 2 is 2.05 bits per heavy atom. The van der Waals surface area contributed by atoms with Crippen molar-refractivity contribution in [3.63, 3.8) is 0 Å². The van der Waals surface area contributed by atoms with Gasteiger partial charge in [0.2, 0.25) is 0 Å². The van der Waals surface area contributed by atoms with Crippen molar-refractivity contribution in [1.29, 1.82) is 0 Å². The highest BCUT2D eigenvalue weighted by atomic mass is 32.2. The molecule has 0 fully saturated rings. The van der Waals surface area contributed by atoms with E-state index < -0.39 is 15.9 Å². The van der Waals surface area contributed by atoms with Crippen LogP contribution in [0.1, 0.15) is 36.1 Å². The molecule has 0 aliphatic rings. The van der Waals surface area contributed by atoms with Gasteiger partial charge in [0, 0.05) is 19.3 Å². The Hall–Kier alpha value is -2.36. The number of nitrogens with one attached hydrogen (secondary N) is 1. The minimum Gasteiger partial charge on any atom is -0.364 e. The second-order valence-corrected chi connectivity index (χ2v) is 6.83. The van der Waals surface area contributed by atoms with E-state index in [-0.39, 0.29) is 22.3 Å². The van der Waals surface area contributed by atoms with Gasteiger partial charge in [0.05, 0.1) is 11.9 Å². The van der Waals surface area contributed by atoms with Gasteiger partial charge in [-0.1, -0.05) is 0 Å². The van der Waals surface area contributed by atoms with Gasteiger partial charge in [-0.25, -0.2) is 8.42 Å². The Morgan fingerprint density at radius 1 is 1.41 bits per heavy atom. The molecule has 9 nitrogen and oxygen atoms in total. The Labute approximate surface area is 128 Å². The number of carbonyl (C=O) groups is 1. The van der Waals surface area contributed by atoms with Gasteiger partial charge in [-0.3, -0.25) is 18.9 Å². The Balaban J connectivity index is 2.42. The average molecular weight is 326 g/mol. The van der Waals surface area contributed by atoms with Gasteiger partial charge in [-0.2, -0.15) is 10.2 Å². The number of rotatable bonds is 5. The maximum absolute atomic E-state index is 12.4. The predicted octanol–water partition coefficient (Wildman–Crippen LogP) is 0.406. The van der Waals surface area contributed by atoms with Crippen LogP contribution < -0.4 is 10.5 Å². The molecule has 0 bridgehead atoms. The van der Waals surface area contributed by atoms with Crippen molar-refractivity contribution in [2.45, 2.75) is 31.7 Å². The fourth-order valence-corrected chi connectivity index (χ4v) is 2.90. The molecule has 2 aromatic rings. The van der Waals surface area contributed by atoms with E-state index in [9.17, 15) is 13.2 Å². The maximum Gasteiger partial charge on any atom is 0.271 e. The Kier molecular flexibility index (Phi) is 3.96. The minimum atomic E-state index is -3.89. The topological polar surface area (TPSA) is 125 Å². The molecule has 0 saturated carbocycles. The number of carbonyl (C=O) groups excluding carboxylic acids is 1. The number of nitrogens with two attached hydrogens (primary N) is 1. The summed E-state index contributed by atoms with van der Waals surface area (Å²) < 4.78 is 30.1. The molecule has 0 radical (unpaired) electrons. The summed E-state index contributed by atoms with van der Waals surface area (Å²) in [6.07, 6.45) is 2.67. The van der Waals surface area contributed by atoms with E-state index in [2.05, 4.69) is 14.9 Å². The first kappa shape index (κ1) is 16.0. The summed E-state index contributed by atoms with van der Waals surface area (Å²) in [6, 6.07) is 0.0326. The van der Waals surface area contributed by atoms with Gasteiger partial charge in [0.1, 0.15) is 10.6 Å². The summed E-state index contributed by atoms with van der Waals surface area (Å²) in [5.74, 6) is -0.806. The molecule has 2 aromatic heterocycles. The summed E-state index contributed by atoms with van der Waals surface area (Å²) >= 11 is 0. The lowest BCUT2D eigenvalue weighted by Gasteiger charge is -2.07. The van der Waals surface area contributed by atoms with Crippen molar-refractivity contribution in [2.75, 3.05) is 4.72 Å². The van der Waals surface area contributed by atoms with Gasteiger partial charge >= 0.3 is 0 Å². The fourth-order valence-electron chi connectivity index (χ4n) is 1.84. The molecular weight excluding hydrogens is 308 g/mol. The zero-order valence-corrected chi connectivity index (χ0v) is 13.5. The first-order valence-electron chi connectivity index (χ1n) is 6.54. The molecule has 3 N–H and O–H groups in total. The second kappa shape index (κ2) is 5.44. The third-order valence-electron chi connectivity index (χ3n) is 3.22. The van der Waals surface area contributed by atoms with Crippen LogP contribution in [0.3, 0.4) is 0 Å². The molecule has 0 spiro atoms. The van der Waals surface area contributed by atoms with Gasteiger partial charge in [0.15, 0.2) is 5.69 Å². The normalized spacial score (nSPS) is 11.9. The van der Waals surface area contributed by atoms with Crippen molar-refractivity contribution in [2.24, 2.45) is 12.8 Å². The molecule has 0 atom stereocenters. The Bertz CT molecular complexity index is 818. The molecule has 22 heavy (non-hydrogen) atoms. The van der Waals surface area contributed by atoms with Crippen LogP contribution in [0.4, 0.5) is 5.69 Å². The van der Waals surface area contributed by atoms with Crippen LogP contribution in [0.2, 0.25) is 0 Å². The molecule has 2 heterocycles. The van der Waals surface area contributed by atoms with Gasteiger partial charge in [-0.15, -0.1) is 0 Å². The van der Waals surface area contributed by atoms with Crippen LogP contribution in [-0.4, -0.2) is 33.9 Å². The van der Waals surface area contributed by atoms with Gasteiger partial charge < -0.3 is 5.73 Å². The highest BCUT2D eigenvalue weighted by Crippen LogP contribution is 2.23. The van der Waals surface area contributed by atoms with Crippen LogP contribution in [0.25, 0.3) is 0 Å². The van der Waals surface area contributed by atoms with Gasteiger partial charge in [-0.05, 0) is 20.8 Å².